The molecule has 0 bridgehead atoms. The molecule has 0 N–H and O–H groups in total. The van der Waals surface area contributed by atoms with Crippen LogP contribution in [0, 0.1) is 5.82 Å². The minimum Gasteiger partial charge on any atom is -0.383 e. The number of ether oxygens (including phenoxy) is 1. The molecule has 0 saturated heterocycles. The number of carbonyl (C=O) groups is 1. The summed E-state index contributed by atoms with van der Waals surface area (Å²) in [5.41, 5.74) is 0.982. The number of hydrogen-bond donors (Lipinski definition) is 0. The first kappa shape index (κ1) is 18.8. The van der Waals surface area contributed by atoms with E-state index in [1.54, 1.807) is 35.6 Å². The maximum Gasteiger partial charge on any atom is 0.279 e. The number of benzene rings is 2. The smallest absolute Gasteiger partial charge is 0.279 e. The van der Waals surface area contributed by atoms with Crippen LogP contribution in [0.2, 0.25) is 0 Å². The summed E-state index contributed by atoms with van der Waals surface area (Å²) in [7, 11) is 1.59. The highest BCUT2D eigenvalue weighted by molar-refractivity contribution is 7.99. The predicted molar refractivity (Wildman–Crippen MR) is 104 cm³/mol. The monoisotopic (exact) mass is 390 g/mol. The van der Waals surface area contributed by atoms with Gasteiger partial charge in [-0.3, -0.25) is 4.79 Å². The van der Waals surface area contributed by atoms with Crippen molar-refractivity contribution in [2.45, 2.75) is 18.4 Å². The van der Waals surface area contributed by atoms with E-state index in [-0.39, 0.29) is 11.7 Å². The summed E-state index contributed by atoms with van der Waals surface area (Å²) in [5, 5.41) is 0. The summed E-state index contributed by atoms with van der Waals surface area (Å²) in [6, 6.07) is 12.3. The Kier molecular flexibility index (Phi) is 6.24. The van der Waals surface area contributed by atoms with Crippen LogP contribution in [0.25, 0.3) is 10.2 Å². The van der Waals surface area contributed by atoms with Crippen molar-refractivity contribution in [2.75, 3.05) is 19.5 Å². The van der Waals surface area contributed by atoms with E-state index in [0.29, 0.717) is 29.0 Å². The van der Waals surface area contributed by atoms with Crippen molar-refractivity contribution in [1.82, 2.24) is 4.57 Å². The van der Waals surface area contributed by atoms with Gasteiger partial charge in [-0.05, 0) is 36.1 Å². The number of halogens is 1. The van der Waals surface area contributed by atoms with Gasteiger partial charge in [0.05, 0.1) is 16.8 Å². The van der Waals surface area contributed by atoms with Crippen molar-refractivity contribution in [3.8, 4) is 0 Å². The molecular weight excluding hydrogens is 371 g/mol. The van der Waals surface area contributed by atoms with Crippen LogP contribution in [0.1, 0.15) is 17.3 Å². The van der Waals surface area contributed by atoms with Gasteiger partial charge in [-0.1, -0.05) is 30.4 Å². The fraction of sp³-hybridized carbons (Fsp3) is 0.263. The average Bonchev–Trinajstić information content (AvgIpc) is 2.99. The van der Waals surface area contributed by atoms with Crippen molar-refractivity contribution >= 4 is 39.2 Å². The van der Waals surface area contributed by atoms with Crippen LogP contribution < -0.4 is 4.80 Å². The molecule has 0 aliphatic carbocycles. The summed E-state index contributed by atoms with van der Waals surface area (Å²) >= 11 is 2.97. The maximum atomic E-state index is 14.3. The number of carbonyl (C=O) groups excluding carboxylic acids is 1. The molecular formula is C19H19FN2O2S2. The van der Waals surface area contributed by atoms with E-state index in [1.807, 2.05) is 24.3 Å². The lowest BCUT2D eigenvalue weighted by atomic mass is 10.2. The summed E-state index contributed by atoms with van der Waals surface area (Å²) in [6.45, 7) is 2.90. The van der Waals surface area contributed by atoms with Crippen LogP contribution in [-0.2, 0) is 11.3 Å². The topological polar surface area (TPSA) is 43.6 Å². The van der Waals surface area contributed by atoms with E-state index in [9.17, 15) is 9.18 Å². The Morgan fingerprint density at radius 1 is 1.31 bits per heavy atom. The molecule has 3 rings (SSSR count). The van der Waals surface area contributed by atoms with Crippen LogP contribution in [0.4, 0.5) is 4.39 Å². The van der Waals surface area contributed by atoms with E-state index in [0.717, 1.165) is 15.3 Å². The number of thiazole rings is 1. The summed E-state index contributed by atoms with van der Waals surface area (Å²) in [5.74, 6) is 0.272. The number of amides is 1. The molecule has 26 heavy (non-hydrogen) atoms. The van der Waals surface area contributed by atoms with Gasteiger partial charge < -0.3 is 9.30 Å². The molecule has 2 aromatic carbocycles. The first-order valence-electron chi connectivity index (χ1n) is 8.22. The second-order valence-electron chi connectivity index (χ2n) is 5.49. The van der Waals surface area contributed by atoms with Crippen molar-refractivity contribution in [2.24, 2.45) is 4.99 Å². The molecule has 1 aromatic heterocycles. The van der Waals surface area contributed by atoms with Crippen molar-refractivity contribution in [3.05, 3.63) is 58.6 Å². The number of aromatic nitrogens is 1. The van der Waals surface area contributed by atoms with E-state index < -0.39 is 0 Å². The second-order valence-corrected chi connectivity index (χ2v) is 7.84. The Morgan fingerprint density at radius 3 is 2.88 bits per heavy atom. The molecule has 1 amide bonds. The Balaban J connectivity index is 2.07. The standard InChI is InChI=1S/C19H19FN2O2S2/c1-3-25-14-7-4-6-13(12-14)18(23)21-19-22(10-11-24-2)17-15(20)8-5-9-16(17)26-19/h4-9,12H,3,10-11H2,1-2H3. The molecule has 1 heterocycles. The van der Waals surface area contributed by atoms with E-state index in [1.165, 1.54) is 17.4 Å². The highest BCUT2D eigenvalue weighted by atomic mass is 32.2. The lowest BCUT2D eigenvalue weighted by molar-refractivity contribution is 0.0997. The summed E-state index contributed by atoms with van der Waals surface area (Å²) in [4.78, 5) is 18.4. The van der Waals surface area contributed by atoms with E-state index in [2.05, 4.69) is 11.9 Å². The third-order valence-corrected chi connectivity index (χ3v) is 5.68. The zero-order chi connectivity index (χ0) is 18.5. The number of para-hydroxylation sites is 1. The SMILES string of the molecule is CCSc1cccc(C(=O)N=c2sc3cccc(F)c3n2CCOC)c1. The lowest BCUT2D eigenvalue weighted by Gasteiger charge is -2.05. The van der Waals surface area contributed by atoms with E-state index in [4.69, 9.17) is 4.74 Å². The van der Waals surface area contributed by atoms with Crippen LogP contribution in [0.5, 0.6) is 0 Å². The maximum absolute atomic E-state index is 14.3. The Labute approximate surface area is 159 Å². The average molecular weight is 391 g/mol. The van der Waals surface area contributed by atoms with Gasteiger partial charge in [-0.15, -0.1) is 11.8 Å². The number of fused-ring (bicyclic) bond motifs is 1. The van der Waals surface area contributed by atoms with Gasteiger partial charge in [-0.2, -0.15) is 4.99 Å². The number of methoxy groups -OCH3 is 1. The molecule has 0 spiro atoms. The molecule has 136 valence electrons. The molecule has 3 aromatic rings. The highest BCUT2D eigenvalue weighted by Crippen LogP contribution is 2.21. The molecule has 7 heteroatoms. The van der Waals surface area contributed by atoms with Gasteiger partial charge in [0.25, 0.3) is 5.91 Å². The van der Waals surface area contributed by atoms with Crippen molar-refractivity contribution in [1.29, 1.82) is 0 Å². The van der Waals surface area contributed by atoms with Gasteiger partial charge in [0, 0.05) is 24.1 Å². The first-order chi connectivity index (χ1) is 12.6. The molecule has 4 nitrogen and oxygen atoms in total. The molecule has 0 fully saturated rings. The lowest BCUT2D eigenvalue weighted by Crippen LogP contribution is -2.19. The number of thioether (sulfide) groups is 1. The number of hydrogen-bond acceptors (Lipinski definition) is 4. The van der Waals surface area contributed by atoms with Crippen LogP contribution >= 0.6 is 23.1 Å². The van der Waals surface area contributed by atoms with Gasteiger partial charge in [0.2, 0.25) is 0 Å². The van der Waals surface area contributed by atoms with E-state index >= 15 is 0 Å². The molecule has 0 aliphatic heterocycles. The molecule has 0 unspecified atom stereocenters. The molecule has 0 atom stereocenters. The fourth-order valence-corrected chi connectivity index (χ4v) is 4.39. The minimum absolute atomic E-state index is 0.329. The van der Waals surface area contributed by atoms with Crippen LogP contribution in [0.15, 0.2) is 52.4 Å². The molecule has 0 radical (unpaired) electrons. The quantitative estimate of drug-likeness (QED) is 0.588. The number of nitrogens with zero attached hydrogens (tertiary/aromatic N) is 2. The highest BCUT2D eigenvalue weighted by Gasteiger charge is 2.12. The minimum atomic E-state index is -0.332. The third-order valence-electron chi connectivity index (χ3n) is 3.76. The second kappa shape index (κ2) is 8.62. The zero-order valence-corrected chi connectivity index (χ0v) is 16.2. The Morgan fingerprint density at radius 2 is 2.12 bits per heavy atom. The summed E-state index contributed by atoms with van der Waals surface area (Å²) < 4.78 is 21.9. The summed E-state index contributed by atoms with van der Waals surface area (Å²) in [6.07, 6.45) is 0. The molecule has 0 saturated carbocycles. The van der Waals surface area contributed by atoms with Crippen LogP contribution in [0.3, 0.4) is 0 Å². The van der Waals surface area contributed by atoms with Crippen LogP contribution in [-0.4, -0.2) is 29.9 Å². The number of rotatable bonds is 6. The predicted octanol–water partition coefficient (Wildman–Crippen LogP) is 4.34. The third kappa shape index (κ3) is 4.06. The van der Waals surface area contributed by atoms with Gasteiger partial charge >= 0.3 is 0 Å². The van der Waals surface area contributed by atoms with Gasteiger partial charge in [-0.25, -0.2) is 4.39 Å². The fourth-order valence-electron chi connectivity index (χ4n) is 2.60. The van der Waals surface area contributed by atoms with Gasteiger partial charge in [0.15, 0.2) is 4.80 Å². The van der Waals surface area contributed by atoms with Gasteiger partial charge in [0.1, 0.15) is 5.82 Å². The molecule has 0 aliphatic rings. The first-order valence-corrected chi connectivity index (χ1v) is 10.0. The zero-order valence-electron chi connectivity index (χ0n) is 14.6. The Hall–Kier alpha value is -1.96. The normalized spacial score (nSPS) is 12.0. The Bertz CT molecular complexity index is 995. The van der Waals surface area contributed by atoms with Crippen molar-refractivity contribution < 1.29 is 13.9 Å². The largest absolute Gasteiger partial charge is 0.383 e. The van der Waals surface area contributed by atoms with Crippen molar-refractivity contribution in [3.63, 3.8) is 0 Å².